The fourth-order valence-corrected chi connectivity index (χ4v) is 12.7. The summed E-state index contributed by atoms with van der Waals surface area (Å²) >= 11 is 0. The van der Waals surface area contributed by atoms with E-state index in [0.717, 1.165) is 30.1 Å². The summed E-state index contributed by atoms with van der Waals surface area (Å²) in [6.45, 7) is 14.2. The Kier molecular flexibility index (Phi) is 33.8. The lowest BCUT2D eigenvalue weighted by atomic mass is 10.1. The maximum atomic E-state index is 15.2. The number of halogens is 4. The van der Waals surface area contributed by atoms with E-state index in [0.29, 0.717) is 65.9 Å². The van der Waals surface area contributed by atoms with Crippen molar-refractivity contribution in [2.75, 3.05) is 47.1 Å². The first-order valence-corrected chi connectivity index (χ1v) is 38.7. The van der Waals surface area contributed by atoms with Gasteiger partial charge < -0.3 is 97.0 Å². The fourth-order valence-electron chi connectivity index (χ4n) is 11.2. The van der Waals surface area contributed by atoms with Crippen molar-refractivity contribution in [2.45, 2.75) is 162 Å². The second kappa shape index (κ2) is 41.9. The number of carbonyl (C=O) groups is 4. The van der Waals surface area contributed by atoms with E-state index >= 15 is 8.78 Å². The lowest BCUT2D eigenvalue weighted by Gasteiger charge is -2.24. The molecular weight excluding hydrogens is 1560 g/mol. The number of quaternary nitrogens is 1. The molecule has 6 heterocycles. The molecule has 34 nitrogen and oxygen atoms in total. The number of phosphoric ester groups is 1. The summed E-state index contributed by atoms with van der Waals surface area (Å²) in [6.07, 6.45) is -13.0. The molecule has 8 aromatic rings. The number of nitrogens with one attached hydrogen (secondary N) is 2. The number of aliphatic hydroxyl groups excluding tert-OH is 4. The maximum absolute atomic E-state index is 15.2. The number of benzene rings is 4. The highest BCUT2D eigenvalue weighted by atomic mass is 31.2. The quantitative estimate of drug-likeness (QED) is 0.0114. The van der Waals surface area contributed by atoms with Gasteiger partial charge in [0.25, 0.3) is 7.82 Å². The molecular formula is C74H93F4N7O27P2. The average molecular weight is 1650 g/mol. The minimum absolute atomic E-state index is 0.105. The third kappa shape index (κ3) is 25.7. The van der Waals surface area contributed by atoms with Crippen molar-refractivity contribution in [3.63, 3.8) is 0 Å². The van der Waals surface area contributed by atoms with Gasteiger partial charge in [0.2, 0.25) is 12.5 Å². The molecule has 2 fully saturated rings. The number of phosphoric acid groups is 1. The summed E-state index contributed by atoms with van der Waals surface area (Å²) in [5.41, 5.74) is 6.26. The predicted molar refractivity (Wildman–Crippen MR) is 392 cm³/mol. The Morgan fingerprint density at radius 1 is 0.605 bits per heavy atom. The Hall–Kier alpha value is -9.18. The summed E-state index contributed by atoms with van der Waals surface area (Å²) in [7, 11) is -7.21. The smallest absolute Gasteiger partial charge is 0.403 e. The highest BCUT2D eigenvalue weighted by Crippen LogP contribution is 2.47. The van der Waals surface area contributed by atoms with Gasteiger partial charge >= 0.3 is 54.8 Å². The monoisotopic (exact) mass is 1650 g/mol. The highest BCUT2D eigenvalue weighted by molar-refractivity contribution is 7.50. The Labute approximate surface area is 650 Å². The molecule has 0 aliphatic carbocycles. The SMILES string of the molecule is CC(C)[C@H](N)C(=O)OCc1ccccc1.CC[NH+](CC)CC.COc1cc(CO)c2oc(COC(=O)Cc3ccn(C4O[C@H](COP(=O)(O)N[C@H](C(=O)OCc5ccccc5)C(C)C)[C@@H](O)C4(F)F)c(=O)n3)cc2c1.COc1cc(CO)c2oc(COC(=O)Cc3ccn([C@@H]4O[C@H](COP(=O)([O-])O)[C@@H](O)C4(F)F)c(=O)n3)cc2c1. The molecule has 2 aliphatic rings. The molecule has 2 aliphatic heterocycles. The van der Waals surface area contributed by atoms with Gasteiger partial charge in [-0.1, -0.05) is 88.4 Å². The van der Waals surface area contributed by atoms with Gasteiger partial charge in [-0.05, 0) is 92.3 Å². The second-order valence-corrected chi connectivity index (χ2v) is 29.3. The summed E-state index contributed by atoms with van der Waals surface area (Å²) in [5.74, 6) is -9.95. The first kappa shape index (κ1) is 92.0. The number of carbonyl (C=O) groups excluding carboxylic acids is 4. The van der Waals surface area contributed by atoms with Gasteiger partial charge in [0, 0.05) is 34.3 Å². The number of rotatable bonds is 33. The third-order valence-electron chi connectivity index (χ3n) is 17.7. The maximum Gasteiger partial charge on any atom is 0.403 e. The van der Waals surface area contributed by atoms with Crippen molar-refractivity contribution in [3.05, 3.63) is 188 Å². The summed E-state index contributed by atoms with van der Waals surface area (Å²) in [5, 5.41) is 42.7. The Morgan fingerprint density at radius 3 is 1.36 bits per heavy atom. The van der Waals surface area contributed by atoms with Crippen molar-refractivity contribution in [1.82, 2.24) is 24.2 Å². The molecule has 10 rings (SSSR count). The molecule has 3 unspecified atom stereocenters. The summed E-state index contributed by atoms with van der Waals surface area (Å²) in [6, 6.07) is 28.3. The average Bonchev–Trinajstić information content (AvgIpc) is 1.61. The van der Waals surface area contributed by atoms with Crippen LogP contribution in [0.2, 0.25) is 0 Å². The van der Waals surface area contributed by atoms with Crippen LogP contribution in [0.1, 0.15) is 106 Å². The van der Waals surface area contributed by atoms with E-state index in [-0.39, 0.29) is 67.8 Å². The van der Waals surface area contributed by atoms with Crippen molar-refractivity contribution in [3.8, 4) is 11.5 Å². The Morgan fingerprint density at radius 2 is 1.01 bits per heavy atom. The van der Waals surface area contributed by atoms with Crippen LogP contribution in [0.4, 0.5) is 17.6 Å². The van der Waals surface area contributed by atoms with E-state index in [9.17, 15) is 76.9 Å². The molecule has 0 spiro atoms. The van der Waals surface area contributed by atoms with Crippen LogP contribution in [0.3, 0.4) is 0 Å². The number of aromatic nitrogens is 4. The number of ether oxygens (including phenoxy) is 8. The zero-order valence-corrected chi connectivity index (χ0v) is 65.3. The zero-order valence-electron chi connectivity index (χ0n) is 63.5. The molecule has 624 valence electrons. The molecule has 10 N–H and O–H groups in total. The van der Waals surface area contributed by atoms with Gasteiger partial charge in [0.15, 0.2) is 12.2 Å². The molecule has 4 aromatic carbocycles. The molecule has 2 saturated heterocycles. The Balaban J connectivity index is 0.000000255. The number of alkyl halides is 4. The van der Waals surface area contributed by atoms with Gasteiger partial charge in [-0.15, -0.1) is 0 Å². The topological polar surface area (TPSA) is 478 Å². The van der Waals surface area contributed by atoms with E-state index in [4.69, 9.17) is 61.9 Å². The fraction of sp³-hybridized carbons (Fsp3) is 0.459. The number of nitrogens with two attached hydrogens (primary N) is 1. The molecule has 114 heavy (non-hydrogen) atoms. The number of furan rings is 2. The van der Waals surface area contributed by atoms with Crippen LogP contribution in [0.5, 0.6) is 11.5 Å². The van der Waals surface area contributed by atoms with Crippen LogP contribution in [0.15, 0.2) is 140 Å². The van der Waals surface area contributed by atoms with Crippen LogP contribution < -0.4 is 41.5 Å². The summed E-state index contributed by atoms with van der Waals surface area (Å²) in [4.78, 5) is 113. The lowest BCUT2D eigenvalue weighted by molar-refractivity contribution is -0.894. The van der Waals surface area contributed by atoms with Crippen LogP contribution >= 0.6 is 15.6 Å². The van der Waals surface area contributed by atoms with Gasteiger partial charge in [0.05, 0.1) is 84.5 Å². The predicted octanol–water partition coefficient (Wildman–Crippen LogP) is 4.94. The molecule has 0 amide bonds. The van der Waals surface area contributed by atoms with Gasteiger partial charge in [-0.3, -0.25) is 37.4 Å². The molecule has 10 atom stereocenters. The van der Waals surface area contributed by atoms with Crippen molar-refractivity contribution in [1.29, 1.82) is 0 Å². The normalized spacial score (nSPS) is 19.1. The number of aliphatic hydroxyl groups is 4. The number of hydrogen-bond donors (Lipinski definition) is 9. The Bertz CT molecular complexity index is 4710. The van der Waals surface area contributed by atoms with E-state index < -0.39 is 138 Å². The first-order chi connectivity index (χ1) is 53.9. The van der Waals surface area contributed by atoms with E-state index in [2.05, 4.69) is 40.4 Å². The zero-order chi connectivity index (χ0) is 84.0. The third-order valence-corrected chi connectivity index (χ3v) is 19.2. The minimum Gasteiger partial charge on any atom is -0.756 e. The van der Waals surface area contributed by atoms with Crippen LogP contribution in [0, 0.1) is 11.8 Å². The number of nitrogens with zero attached hydrogens (tertiary/aromatic N) is 4. The number of fused-ring (bicyclic) bond motifs is 2. The second-order valence-electron chi connectivity index (χ2n) is 26.5. The molecule has 0 radical (unpaired) electrons. The van der Waals surface area contributed by atoms with Crippen LogP contribution in [0.25, 0.3) is 21.9 Å². The van der Waals surface area contributed by atoms with Gasteiger partial charge in [-0.2, -0.15) is 27.5 Å². The van der Waals surface area contributed by atoms with Crippen molar-refractivity contribution < 1.29 is 142 Å². The summed E-state index contributed by atoms with van der Waals surface area (Å²) < 4.78 is 145. The first-order valence-electron chi connectivity index (χ1n) is 35.6. The van der Waals surface area contributed by atoms with E-state index in [1.54, 1.807) is 85.5 Å². The largest absolute Gasteiger partial charge is 0.756 e. The van der Waals surface area contributed by atoms with E-state index in [1.807, 2.05) is 44.2 Å². The number of hydrogen-bond acceptors (Lipinski definition) is 28. The molecule has 0 bridgehead atoms. The van der Waals surface area contributed by atoms with Crippen molar-refractivity contribution in [2.24, 2.45) is 17.6 Å². The molecule has 40 heteroatoms. The van der Waals surface area contributed by atoms with Gasteiger partial charge in [0.1, 0.15) is 84.9 Å². The van der Waals surface area contributed by atoms with Gasteiger partial charge in [-0.25, -0.2) is 19.2 Å². The lowest BCUT2D eigenvalue weighted by Crippen LogP contribution is -3.11. The number of methoxy groups -OCH3 is 2. The van der Waals surface area contributed by atoms with E-state index in [1.165, 1.54) is 33.9 Å². The molecule has 0 saturated carbocycles. The van der Waals surface area contributed by atoms with Crippen LogP contribution in [-0.2, 0) is 118 Å². The standard InChI is InChI=1S/C34H38F2N3O13P.C22H23F2N2O12P.C12H17NO2.C6H15N/c1-19(2)28(31(43)49-16-20-7-5-4-6-8-20)38-53(45,46)50-18-26-30(42)34(35,36)32(52-26)39-10-9-23(37-33(39)44)14-27(41)48-17-25-12-21-11-24(47-3)13-22(15-40)29(21)51-25;1-34-14-4-11-5-15(37-18(11)12(6-14)8-27)9-35-17(28)7-13-2-3-26(21(30)25-13)20-22(23,24)19(29)16(38-20)10-36-39(31,32)33;1-9(2)11(13)12(14)15-8-10-6-4-3-5-7-10;1-4-7(5-2)6-3/h4-13,19,26,28,30,32,40,42H,14-18H2,1-3H3,(H2,38,45,46);2-6,16,19-20,27,29H,7-10H2,1H3,(H2,31,32,33);3-7,9,11H,8,13H2,1-2H3;4-6H2,1-3H3/t26-,28+,30-,32?;16-,19-,20-;11-;/m110./s1. The number of esters is 4. The van der Waals surface area contributed by atoms with Crippen molar-refractivity contribution >= 4 is 61.4 Å². The highest BCUT2D eigenvalue weighted by Gasteiger charge is 2.61. The minimum atomic E-state index is -5.28. The molecule has 4 aromatic heterocycles. The van der Waals surface area contributed by atoms with Crippen LogP contribution in [-0.4, -0.2) is 169 Å².